The topological polar surface area (TPSA) is 118 Å². The van der Waals surface area contributed by atoms with Crippen LogP contribution in [0.4, 0.5) is 0 Å². The van der Waals surface area contributed by atoms with E-state index in [4.69, 9.17) is 14.7 Å². The maximum atomic E-state index is 11.3. The zero-order valence-corrected chi connectivity index (χ0v) is 16.7. The molecule has 0 aromatic heterocycles. The van der Waals surface area contributed by atoms with E-state index in [1.807, 2.05) is 12.1 Å². The third-order valence-electron chi connectivity index (χ3n) is 4.62. The molecule has 0 bridgehead atoms. The molecule has 0 atom stereocenters. The van der Waals surface area contributed by atoms with Gasteiger partial charge in [0.2, 0.25) is 0 Å². The number of benzene rings is 2. The zero-order chi connectivity index (χ0) is 21.3. The Morgan fingerprint density at radius 3 is 2.00 bits per heavy atom. The van der Waals surface area contributed by atoms with Crippen LogP contribution in [0.1, 0.15) is 31.8 Å². The van der Waals surface area contributed by atoms with E-state index < -0.39 is 5.91 Å². The lowest BCUT2D eigenvalue weighted by Crippen LogP contribution is -2.18. The molecule has 1 amide bonds. The van der Waals surface area contributed by atoms with Gasteiger partial charge in [-0.15, -0.1) is 0 Å². The van der Waals surface area contributed by atoms with E-state index in [1.165, 1.54) is 7.11 Å². The highest BCUT2D eigenvalue weighted by molar-refractivity contribution is 5.93. The number of hydroxylamine groups is 1. The van der Waals surface area contributed by atoms with Gasteiger partial charge >= 0.3 is 5.97 Å². The Balaban J connectivity index is 0.000000171. The number of rotatable bonds is 2. The van der Waals surface area contributed by atoms with Crippen molar-refractivity contribution >= 4 is 11.9 Å². The Labute approximate surface area is 174 Å². The van der Waals surface area contributed by atoms with Gasteiger partial charge in [-0.3, -0.25) is 10.0 Å². The normalized spacial score (nSPS) is 14.7. The Kier molecular flexibility index (Phi) is 7.61. The average Bonchev–Trinajstić information content (AvgIpc) is 3.17. The van der Waals surface area contributed by atoms with Gasteiger partial charge in [0.15, 0.2) is 0 Å². The number of methoxy groups -OCH3 is 1. The molecule has 0 aliphatic carbocycles. The van der Waals surface area contributed by atoms with Crippen molar-refractivity contribution in [1.82, 2.24) is 16.1 Å². The molecule has 0 saturated heterocycles. The summed E-state index contributed by atoms with van der Waals surface area (Å²) in [6.45, 7) is 4.32. The largest absolute Gasteiger partial charge is 0.492 e. The second-order valence-electron chi connectivity index (χ2n) is 6.63. The first-order chi connectivity index (χ1) is 14.6. The number of fused-ring (bicyclic) bond motifs is 2. The fraction of sp³-hybridized carbons (Fsp3) is 0.333. The van der Waals surface area contributed by atoms with Crippen LogP contribution in [0.5, 0.6) is 11.5 Å². The van der Waals surface area contributed by atoms with Crippen LogP contribution in [0.15, 0.2) is 36.4 Å². The molecule has 0 radical (unpaired) electrons. The summed E-state index contributed by atoms with van der Waals surface area (Å²) in [7, 11) is 1.37. The summed E-state index contributed by atoms with van der Waals surface area (Å²) in [6, 6.07) is 10.5. The molecule has 2 aliphatic heterocycles. The highest BCUT2D eigenvalue weighted by Gasteiger charge is 2.13. The van der Waals surface area contributed by atoms with Crippen LogP contribution < -0.4 is 25.6 Å². The maximum Gasteiger partial charge on any atom is 0.337 e. The fourth-order valence-corrected chi connectivity index (χ4v) is 3.03. The minimum absolute atomic E-state index is 0.335. The molecule has 0 spiro atoms. The first-order valence-corrected chi connectivity index (χ1v) is 9.58. The van der Waals surface area contributed by atoms with Gasteiger partial charge in [-0.2, -0.15) is 0 Å². The SMILES string of the molecule is COC(=O)c1ccc2c(c1)OCCNC2.O=C(NO)c1ccc2c(c1)OCCNC2. The van der Waals surface area contributed by atoms with Gasteiger partial charge in [-0.1, -0.05) is 12.1 Å². The highest BCUT2D eigenvalue weighted by Crippen LogP contribution is 2.23. The molecular formula is C21H25N3O6. The highest BCUT2D eigenvalue weighted by atomic mass is 16.5. The molecule has 4 N–H and O–H groups in total. The van der Waals surface area contributed by atoms with E-state index in [9.17, 15) is 9.59 Å². The molecular weight excluding hydrogens is 390 g/mol. The van der Waals surface area contributed by atoms with Crippen molar-refractivity contribution in [3.8, 4) is 11.5 Å². The molecule has 0 fully saturated rings. The molecule has 9 nitrogen and oxygen atoms in total. The average molecular weight is 415 g/mol. The third-order valence-corrected chi connectivity index (χ3v) is 4.62. The number of hydrogen-bond acceptors (Lipinski definition) is 8. The predicted molar refractivity (Wildman–Crippen MR) is 108 cm³/mol. The molecule has 4 rings (SSSR count). The van der Waals surface area contributed by atoms with Crippen LogP contribution in [0.25, 0.3) is 0 Å². The van der Waals surface area contributed by atoms with Gasteiger partial charge in [0.05, 0.1) is 12.7 Å². The molecule has 0 saturated carbocycles. The number of carbonyl (C=O) groups excluding carboxylic acids is 2. The second kappa shape index (κ2) is 10.6. The molecule has 2 heterocycles. The van der Waals surface area contributed by atoms with Crippen molar-refractivity contribution in [2.45, 2.75) is 13.1 Å². The van der Waals surface area contributed by atoms with Crippen molar-refractivity contribution in [1.29, 1.82) is 0 Å². The summed E-state index contributed by atoms with van der Waals surface area (Å²) in [5, 5.41) is 14.9. The molecule has 2 aromatic rings. The molecule has 30 heavy (non-hydrogen) atoms. The number of amides is 1. The second-order valence-corrected chi connectivity index (χ2v) is 6.63. The van der Waals surface area contributed by atoms with Crippen LogP contribution in [0.3, 0.4) is 0 Å². The maximum absolute atomic E-state index is 11.3. The molecule has 160 valence electrons. The van der Waals surface area contributed by atoms with Gasteiger partial charge in [0, 0.05) is 42.9 Å². The molecule has 9 heteroatoms. The summed E-state index contributed by atoms with van der Waals surface area (Å²) in [4.78, 5) is 22.4. The van der Waals surface area contributed by atoms with Gasteiger partial charge in [0.1, 0.15) is 24.7 Å². The van der Waals surface area contributed by atoms with Gasteiger partial charge < -0.3 is 24.8 Å². The van der Waals surface area contributed by atoms with Crippen molar-refractivity contribution in [2.75, 3.05) is 33.4 Å². The Hall–Kier alpha value is -3.14. The van der Waals surface area contributed by atoms with E-state index in [0.29, 0.717) is 30.1 Å². The Bertz CT molecular complexity index is 829. The summed E-state index contributed by atoms with van der Waals surface area (Å²) in [5.74, 6) is 0.598. The van der Waals surface area contributed by atoms with Crippen LogP contribution >= 0.6 is 0 Å². The number of ether oxygens (including phenoxy) is 3. The molecule has 2 aliphatic rings. The van der Waals surface area contributed by atoms with Crippen LogP contribution in [0.2, 0.25) is 0 Å². The standard InChI is InChI=1S/C11H13NO3.C10H12N2O3/c1-14-11(13)8-2-3-9-7-12-4-5-15-10(9)6-8;13-10(12-14)7-1-2-8-6-11-3-4-15-9(8)5-7/h2-3,6,12H,4-5,7H2,1H3;1-2,5,11,14H,3-4,6H2,(H,12,13). The number of hydrogen-bond donors (Lipinski definition) is 4. The van der Waals surface area contributed by atoms with Crippen molar-refractivity contribution < 1.29 is 29.0 Å². The third kappa shape index (κ3) is 5.47. The summed E-state index contributed by atoms with van der Waals surface area (Å²) < 4.78 is 15.6. The van der Waals surface area contributed by atoms with Gasteiger partial charge in [-0.05, 0) is 24.3 Å². The van der Waals surface area contributed by atoms with E-state index in [2.05, 4.69) is 15.4 Å². The summed E-state index contributed by atoms with van der Waals surface area (Å²) in [6.07, 6.45) is 0. The molecule has 0 unspecified atom stereocenters. The summed E-state index contributed by atoms with van der Waals surface area (Å²) in [5.41, 5.74) is 4.59. The van der Waals surface area contributed by atoms with E-state index in [-0.39, 0.29) is 5.97 Å². The first-order valence-electron chi connectivity index (χ1n) is 9.58. The lowest BCUT2D eigenvalue weighted by Gasteiger charge is -2.07. The van der Waals surface area contributed by atoms with Crippen LogP contribution in [-0.2, 0) is 17.8 Å². The van der Waals surface area contributed by atoms with Crippen molar-refractivity contribution in [2.24, 2.45) is 0 Å². The lowest BCUT2D eigenvalue weighted by molar-refractivity contribution is 0.0600. The Morgan fingerprint density at radius 1 is 0.933 bits per heavy atom. The lowest BCUT2D eigenvalue weighted by atomic mass is 10.1. The first kappa shape index (κ1) is 21.6. The van der Waals surface area contributed by atoms with Crippen molar-refractivity contribution in [3.05, 3.63) is 58.7 Å². The van der Waals surface area contributed by atoms with E-state index in [1.54, 1.807) is 29.7 Å². The quantitative estimate of drug-likeness (QED) is 0.329. The number of nitrogens with one attached hydrogen (secondary N) is 3. The van der Waals surface area contributed by atoms with Gasteiger partial charge in [-0.25, -0.2) is 10.3 Å². The van der Waals surface area contributed by atoms with E-state index in [0.717, 1.165) is 43.1 Å². The van der Waals surface area contributed by atoms with E-state index >= 15 is 0 Å². The zero-order valence-electron chi connectivity index (χ0n) is 16.7. The number of esters is 1. The fourth-order valence-electron chi connectivity index (χ4n) is 3.03. The van der Waals surface area contributed by atoms with Gasteiger partial charge in [0.25, 0.3) is 5.91 Å². The predicted octanol–water partition coefficient (Wildman–Crippen LogP) is 1.24. The van der Waals surface area contributed by atoms with Crippen LogP contribution in [0, 0.1) is 0 Å². The summed E-state index contributed by atoms with van der Waals surface area (Å²) >= 11 is 0. The molecule has 2 aromatic carbocycles. The number of carbonyl (C=O) groups is 2. The monoisotopic (exact) mass is 415 g/mol. The Morgan fingerprint density at radius 2 is 1.47 bits per heavy atom. The van der Waals surface area contributed by atoms with Crippen LogP contribution in [-0.4, -0.2) is 50.5 Å². The smallest absolute Gasteiger partial charge is 0.337 e. The minimum Gasteiger partial charge on any atom is -0.492 e. The van der Waals surface area contributed by atoms with Crippen molar-refractivity contribution in [3.63, 3.8) is 0 Å². The minimum atomic E-state index is -0.529.